The van der Waals surface area contributed by atoms with Gasteiger partial charge in [0, 0.05) is 17.7 Å². The average Bonchev–Trinajstić information content (AvgIpc) is 2.88. The lowest BCUT2D eigenvalue weighted by Gasteiger charge is -2.11. The van der Waals surface area contributed by atoms with Gasteiger partial charge in [-0.1, -0.05) is 62.9 Å². The van der Waals surface area contributed by atoms with E-state index in [1.807, 2.05) is 54.6 Å². The number of nitrogens with one attached hydrogen (secondary N) is 2. The minimum atomic E-state index is -0.269. The molecule has 0 heterocycles. The molecule has 2 N–H and O–H groups in total. The first-order valence-corrected chi connectivity index (χ1v) is 12.7. The molecule has 35 heavy (non-hydrogen) atoms. The number of rotatable bonds is 13. The predicted molar refractivity (Wildman–Crippen MR) is 146 cm³/mol. The quantitative estimate of drug-likeness (QED) is 0.204. The molecule has 1 amide bonds. The van der Waals surface area contributed by atoms with Crippen molar-refractivity contribution in [2.45, 2.75) is 45.4 Å². The molecule has 0 fully saturated rings. The molecule has 0 saturated carbocycles. The molecule has 0 aliphatic carbocycles. The Labute approximate surface area is 213 Å². The van der Waals surface area contributed by atoms with Crippen LogP contribution in [0.4, 0.5) is 5.69 Å². The molecular formula is C29H34N2O3S. The molecule has 3 aromatic carbocycles. The van der Waals surface area contributed by atoms with Crippen LogP contribution in [0.1, 0.15) is 54.9 Å². The van der Waals surface area contributed by atoms with Crippen LogP contribution >= 0.6 is 12.2 Å². The van der Waals surface area contributed by atoms with E-state index in [9.17, 15) is 4.79 Å². The summed E-state index contributed by atoms with van der Waals surface area (Å²) in [6.45, 7) is 3.51. The van der Waals surface area contributed by atoms with E-state index in [1.165, 1.54) is 31.2 Å². The SMILES string of the molecule is CCCCCCCOc1ccc(C(=O)NC(=S)Nc2ccc(OCCc3ccccc3)cc2)cc1. The van der Waals surface area contributed by atoms with E-state index in [-0.39, 0.29) is 11.0 Å². The number of benzene rings is 3. The van der Waals surface area contributed by atoms with Gasteiger partial charge in [-0.25, -0.2) is 0 Å². The molecule has 0 atom stereocenters. The molecule has 0 saturated heterocycles. The van der Waals surface area contributed by atoms with E-state index in [2.05, 4.69) is 29.7 Å². The van der Waals surface area contributed by atoms with Crippen molar-refractivity contribution in [3.05, 3.63) is 90.0 Å². The van der Waals surface area contributed by atoms with Crippen molar-refractivity contribution in [2.75, 3.05) is 18.5 Å². The van der Waals surface area contributed by atoms with E-state index in [0.29, 0.717) is 18.8 Å². The maximum absolute atomic E-state index is 12.5. The van der Waals surface area contributed by atoms with Crippen molar-refractivity contribution in [3.63, 3.8) is 0 Å². The smallest absolute Gasteiger partial charge is 0.257 e. The first kappa shape index (κ1) is 26.2. The van der Waals surface area contributed by atoms with Crippen LogP contribution in [-0.2, 0) is 6.42 Å². The van der Waals surface area contributed by atoms with E-state index in [0.717, 1.165) is 30.0 Å². The number of ether oxygens (including phenoxy) is 2. The Morgan fingerprint density at radius 3 is 2.09 bits per heavy atom. The molecule has 0 radical (unpaired) electrons. The fourth-order valence-corrected chi connectivity index (χ4v) is 3.71. The Morgan fingerprint density at radius 2 is 1.40 bits per heavy atom. The van der Waals surface area contributed by atoms with Gasteiger partial charge < -0.3 is 14.8 Å². The number of thiocarbonyl (C=S) groups is 1. The standard InChI is InChI=1S/C29H34N2O3S/c1-2-3-4-5-9-21-33-26-16-12-24(13-17-26)28(32)31-29(35)30-25-14-18-27(19-15-25)34-22-20-23-10-7-6-8-11-23/h6-8,10-19H,2-5,9,20-22H2,1H3,(H2,30,31,32,35). The summed E-state index contributed by atoms with van der Waals surface area (Å²) in [5, 5.41) is 5.98. The Bertz CT molecular complexity index is 1040. The number of anilines is 1. The summed E-state index contributed by atoms with van der Waals surface area (Å²) in [4.78, 5) is 12.5. The minimum absolute atomic E-state index is 0.236. The number of hydrogen-bond acceptors (Lipinski definition) is 4. The molecule has 3 rings (SSSR count). The van der Waals surface area contributed by atoms with Gasteiger partial charge in [-0.05, 0) is 72.7 Å². The Balaban J connectivity index is 1.37. The van der Waals surface area contributed by atoms with Crippen LogP contribution in [0.15, 0.2) is 78.9 Å². The van der Waals surface area contributed by atoms with E-state index in [4.69, 9.17) is 21.7 Å². The van der Waals surface area contributed by atoms with Crippen LogP contribution in [0.25, 0.3) is 0 Å². The van der Waals surface area contributed by atoms with Gasteiger partial charge >= 0.3 is 0 Å². The van der Waals surface area contributed by atoms with Gasteiger partial charge in [-0.3, -0.25) is 10.1 Å². The number of hydrogen-bond donors (Lipinski definition) is 2. The summed E-state index contributed by atoms with van der Waals surface area (Å²) in [6, 6.07) is 24.8. The van der Waals surface area contributed by atoms with Crippen molar-refractivity contribution < 1.29 is 14.3 Å². The highest BCUT2D eigenvalue weighted by atomic mass is 32.1. The highest BCUT2D eigenvalue weighted by molar-refractivity contribution is 7.80. The third-order valence-electron chi connectivity index (χ3n) is 5.47. The zero-order valence-electron chi connectivity index (χ0n) is 20.3. The van der Waals surface area contributed by atoms with E-state index < -0.39 is 0 Å². The van der Waals surface area contributed by atoms with Gasteiger partial charge in [0.1, 0.15) is 11.5 Å². The van der Waals surface area contributed by atoms with Crippen molar-refractivity contribution in [2.24, 2.45) is 0 Å². The molecule has 3 aromatic rings. The second kappa shape index (κ2) is 14.8. The Morgan fingerprint density at radius 1 is 0.771 bits per heavy atom. The number of carbonyl (C=O) groups is 1. The molecule has 0 unspecified atom stereocenters. The molecular weight excluding hydrogens is 456 g/mol. The lowest BCUT2D eigenvalue weighted by molar-refractivity contribution is 0.0977. The van der Waals surface area contributed by atoms with Gasteiger partial charge in [0.2, 0.25) is 0 Å². The Hall–Kier alpha value is -3.38. The van der Waals surface area contributed by atoms with Crippen molar-refractivity contribution in [1.82, 2.24) is 5.32 Å². The number of unbranched alkanes of at least 4 members (excludes halogenated alkanes) is 4. The fourth-order valence-electron chi connectivity index (χ4n) is 3.50. The normalized spacial score (nSPS) is 10.4. The third kappa shape index (κ3) is 9.79. The van der Waals surface area contributed by atoms with Crippen LogP contribution in [-0.4, -0.2) is 24.2 Å². The zero-order valence-corrected chi connectivity index (χ0v) is 21.1. The van der Waals surface area contributed by atoms with Gasteiger partial charge in [-0.2, -0.15) is 0 Å². The van der Waals surface area contributed by atoms with E-state index >= 15 is 0 Å². The van der Waals surface area contributed by atoms with Crippen molar-refractivity contribution in [1.29, 1.82) is 0 Å². The van der Waals surface area contributed by atoms with Crippen LogP contribution in [0.5, 0.6) is 11.5 Å². The first-order valence-electron chi connectivity index (χ1n) is 12.3. The number of amides is 1. The fraction of sp³-hybridized carbons (Fsp3) is 0.310. The highest BCUT2D eigenvalue weighted by Gasteiger charge is 2.08. The van der Waals surface area contributed by atoms with Gasteiger partial charge in [0.15, 0.2) is 5.11 Å². The second-order valence-corrected chi connectivity index (χ2v) is 8.71. The molecule has 0 spiro atoms. The third-order valence-corrected chi connectivity index (χ3v) is 5.68. The maximum Gasteiger partial charge on any atom is 0.257 e. The van der Waals surface area contributed by atoms with Crippen LogP contribution in [0.2, 0.25) is 0 Å². The summed E-state index contributed by atoms with van der Waals surface area (Å²) in [7, 11) is 0. The van der Waals surface area contributed by atoms with Gasteiger partial charge in [0.05, 0.1) is 13.2 Å². The summed E-state index contributed by atoms with van der Waals surface area (Å²) >= 11 is 5.30. The average molecular weight is 491 g/mol. The molecule has 0 aliphatic rings. The summed E-state index contributed by atoms with van der Waals surface area (Å²) < 4.78 is 11.6. The first-order chi connectivity index (χ1) is 17.1. The molecule has 6 heteroatoms. The molecule has 5 nitrogen and oxygen atoms in total. The molecule has 0 aliphatic heterocycles. The van der Waals surface area contributed by atoms with Gasteiger partial charge in [0.25, 0.3) is 5.91 Å². The number of carbonyl (C=O) groups excluding carboxylic acids is 1. The molecule has 0 bridgehead atoms. The van der Waals surface area contributed by atoms with Crippen LogP contribution < -0.4 is 20.1 Å². The summed E-state index contributed by atoms with van der Waals surface area (Å²) in [5.74, 6) is 1.28. The highest BCUT2D eigenvalue weighted by Crippen LogP contribution is 2.17. The topological polar surface area (TPSA) is 59.6 Å². The zero-order chi connectivity index (χ0) is 24.7. The van der Waals surface area contributed by atoms with Gasteiger partial charge in [-0.15, -0.1) is 0 Å². The van der Waals surface area contributed by atoms with Crippen LogP contribution in [0, 0.1) is 0 Å². The monoisotopic (exact) mass is 490 g/mol. The largest absolute Gasteiger partial charge is 0.494 e. The summed E-state index contributed by atoms with van der Waals surface area (Å²) in [6.07, 6.45) is 6.84. The van der Waals surface area contributed by atoms with Crippen molar-refractivity contribution >= 4 is 28.9 Å². The lowest BCUT2D eigenvalue weighted by Crippen LogP contribution is -2.34. The van der Waals surface area contributed by atoms with E-state index in [1.54, 1.807) is 12.1 Å². The molecule has 0 aromatic heterocycles. The van der Waals surface area contributed by atoms with Crippen LogP contribution in [0.3, 0.4) is 0 Å². The van der Waals surface area contributed by atoms with Crippen molar-refractivity contribution in [3.8, 4) is 11.5 Å². The maximum atomic E-state index is 12.5. The molecule has 184 valence electrons. The minimum Gasteiger partial charge on any atom is -0.494 e. The Kier molecular flexibility index (Phi) is 11.1. The lowest BCUT2D eigenvalue weighted by atomic mass is 10.2. The summed E-state index contributed by atoms with van der Waals surface area (Å²) in [5.41, 5.74) is 2.53. The predicted octanol–water partition coefficient (Wildman–Crippen LogP) is 6.78. The second-order valence-electron chi connectivity index (χ2n) is 8.30.